The fourth-order valence-electron chi connectivity index (χ4n) is 3.98. The highest BCUT2D eigenvalue weighted by atomic mass is 16.5. The number of carbonyl (C=O) groups is 2. The molecule has 0 spiro atoms. The number of aliphatic hydroxyl groups is 1. The lowest BCUT2D eigenvalue weighted by Crippen LogP contribution is -2.30. The molecule has 1 atom stereocenters. The Morgan fingerprint density at radius 2 is 1.84 bits per heavy atom. The van der Waals surface area contributed by atoms with Crippen molar-refractivity contribution < 1.29 is 24.2 Å². The summed E-state index contributed by atoms with van der Waals surface area (Å²) in [5.74, 6) is -0.140. The number of hydrogen-bond acceptors (Lipinski definition) is 5. The van der Waals surface area contributed by atoms with Gasteiger partial charge in [0.15, 0.2) is 0 Å². The van der Waals surface area contributed by atoms with E-state index >= 15 is 0 Å². The van der Waals surface area contributed by atoms with E-state index in [0.29, 0.717) is 23.6 Å². The average molecular weight is 424 g/mol. The zero-order valence-electron chi connectivity index (χ0n) is 18.5. The number of benzene rings is 2. The molecule has 1 fully saturated rings. The monoisotopic (exact) mass is 423 g/mol. The molecule has 0 radical (unpaired) electrons. The highest BCUT2D eigenvalue weighted by Gasteiger charge is 2.45. The minimum atomic E-state index is -0.672. The van der Waals surface area contributed by atoms with E-state index in [1.807, 2.05) is 19.1 Å². The summed E-state index contributed by atoms with van der Waals surface area (Å²) in [7, 11) is 3.14. The van der Waals surface area contributed by atoms with Gasteiger partial charge in [0.05, 0.1) is 25.8 Å². The van der Waals surface area contributed by atoms with Gasteiger partial charge in [-0.05, 0) is 54.8 Å². The third kappa shape index (κ3) is 4.43. The maximum atomic E-state index is 13.0. The number of aryl methyl sites for hydroxylation is 1. The summed E-state index contributed by atoms with van der Waals surface area (Å²) in [5.41, 5.74) is 2.11. The number of rotatable bonds is 8. The van der Waals surface area contributed by atoms with Crippen molar-refractivity contribution in [2.24, 2.45) is 0 Å². The van der Waals surface area contributed by atoms with Crippen molar-refractivity contribution in [3.05, 3.63) is 64.7 Å². The predicted octanol–water partition coefficient (Wildman–Crippen LogP) is 4.62. The number of ether oxygens (including phenoxy) is 2. The van der Waals surface area contributed by atoms with Gasteiger partial charge in [-0.3, -0.25) is 9.59 Å². The van der Waals surface area contributed by atoms with Crippen LogP contribution < -0.4 is 9.47 Å². The van der Waals surface area contributed by atoms with Crippen LogP contribution in [-0.2, 0) is 9.59 Å². The normalized spacial score (nSPS) is 17.8. The maximum absolute atomic E-state index is 13.0. The van der Waals surface area contributed by atoms with Gasteiger partial charge in [0, 0.05) is 12.1 Å². The van der Waals surface area contributed by atoms with Crippen molar-refractivity contribution in [3.63, 3.8) is 0 Å². The minimum absolute atomic E-state index is 0.0966. The summed E-state index contributed by atoms with van der Waals surface area (Å²) >= 11 is 0. The molecule has 164 valence electrons. The zero-order valence-corrected chi connectivity index (χ0v) is 18.5. The first-order valence-corrected chi connectivity index (χ1v) is 10.5. The Bertz CT molecular complexity index is 1010. The maximum Gasteiger partial charge on any atom is 0.295 e. The SMILES string of the molecule is CCCCCN1C(=O)C(=O)/C(=C(\O)c2ccc(OC)c(C)c2)C1c1cccc(OC)c1. The smallest absolute Gasteiger partial charge is 0.295 e. The Labute approximate surface area is 183 Å². The molecule has 0 aromatic heterocycles. The van der Waals surface area contributed by atoms with Gasteiger partial charge in [-0.25, -0.2) is 0 Å². The Balaban J connectivity index is 2.14. The van der Waals surface area contributed by atoms with Crippen molar-refractivity contribution in [1.29, 1.82) is 0 Å². The highest BCUT2D eigenvalue weighted by Crippen LogP contribution is 2.40. The van der Waals surface area contributed by atoms with Gasteiger partial charge in [0.1, 0.15) is 17.3 Å². The summed E-state index contributed by atoms with van der Waals surface area (Å²) in [6.07, 6.45) is 2.73. The topological polar surface area (TPSA) is 76.1 Å². The number of carbonyl (C=O) groups excluding carboxylic acids is 2. The van der Waals surface area contributed by atoms with E-state index in [4.69, 9.17) is 9.47 Å². The average Bonchev–Trinajstić information content (AvgIpc) is 3.03. The van der Waals surface area contributed by atoms with Crippen LogP contribution >= 0.6 is 0 Å². The predicted molar refractivity (Wildman–Crippen MR) is 119 cm³/mol. The van der Waals surface area contributed by atoms with Crippen LogP contribution in [0.3, 0.4) is 0 Å². The first-order chi connectivity index (χ1) is 14.9. The number of likely N-dealkylation sites (tertiary alicyclic amines) is 1. The first kappa shape index (κ1) is 22.4. The number of unbranched alkanes of at least 4 members (excludes halogenated alkanes) is 2. The Morgan fingerprint density at radius 3 is 2.48 bits per heavy atom. The second-order valence-electron chi connectivity index (χ2n) is 7.66. The van der Waals surface area contributed by atoms with Crippen LogP contribution in [0.5, 0.6) is 11.5 Å². The third-order valence-corrected chi connectivity index (χ3v) is 5.62. The Hall–Kier alpha value is -3.28. The van der Waals surface area contributed by atoms with E-state index in [2.05, 4.69) is 6.92 Å². The molecule has 2 aromatic carbocycles. The molecule has 1 amide bonds. The van der Waals surface area contributed by atoms with Gasteiger partial charge in [-0.1, -0.05) is 31.9 Å². The van der Waals surface area contributed by atoms with E-state index in [-0.39, 0.29) is 11.3 Å². The second-order valence-corrected chi connectivity index (χ2v) is 7.66. The van der Waals surface area contributed by atoms with Crippen LogP contribution in [0.1, 0.15) is 48.9 Å². The van der Waals surface area contributed by atoms with Crippen molar-refractivity contribution in [3.8, 4) is 11.5 Å². The number of Topliss-reactive ketones (excluding diaryl/α,β-unsaturated/α-hetero) is 1. The molecular formula is C25H29NO5. The van der Waals surface area contributed by atoms with E-state index < -0.39 is 17.7 Å². The molecule has 1 unspecified atom stereocenters. The molecule has 1 aliphatic heterocycles. The van der Waals surface area contributed by atoms with Gasteiger partial charge in [0.2, 0.25) is 0 Å². The van der Waals surface area contributed by atoms with E-state index in [1.165, 1.54) is 0 Å². The van der Waals surface area contributed by atoms with Gasteiger partial charge in [-0.2, -0.15) is 0 Å². The van der Waals surface area contributed by atoms with Crippen LogP contribution in [0.15, 0.2) is 48.0 Å². The van der Waals surface area contributed by atoms with E-state index in [1.54, 1.807) is 49.5 Å². The molecule has 1 aliphatic rings. The van der Waals surface area contributed by atoms with E-state index in [9.17, 15) is 14.7 Å². The number of ketones is 1. The van der Waals surface area contributed by atoms with Crippen LogP contribution in [0.25, 0.3) is 5.76 Å². The molecule has 3 rings (SSSR count). The fraction of sp³-hybridized carbons (Fsp3) is 0.360. The van der Waals surface area contributed by atoms with Gasteiger partial charge in [-0.15, -0.1) is 0 Å². The molecule has 1 saturated heterocycles. The second kappa shape index (κ2) is 9.69. The van der Waals surface area contributed by atoms with Gasteiger partial charge < -0.3 is 19.5 Å². The van der Waals surface area contributed by atoms with Crippen LogP contribution in [0, 0.1) is 6.92 Å². The van der Waals surface area contributed by atoms with Crippen molar-refractivity contribution in [2.75, 3.05) is 20.8 Å². The van der Waals surface area contributed by atoms with Crippen molar-refractivity contribution in [1.82, 2.24) is 4.90 Å². The number of amides is 1. The first-order valence-electron chi connectivity index (χ1n) is 10.5. The molecule has 1 N–H and O–H groups in total. The molecule has 1 heterocycles. The highest BCUT2D eigenvalue weighted by molar-refractivity contribution is 6.46. The number of nitrogens with zero attached hydrogens (tertiary/aromatic N) is 1. The molecule has 6 nitrogen and oxygen atoms in total. The van der Waals surface area contributed by atoms with Gasteiger partial charge in [0.25, 0.3) is 11.7 Å². The molecule has 2 aromatic rings. The summed E-state index contributed by atoms with van der Waals surface area (Å²) in [4.78, 5) is 27.5. The third-order valence-electron chi connectivity index (χ3n) is 5.62. The molecule has 31 heavy (non-hydrogen) atoms. The number of aliphatic hydroxyl groups excluding tert-OH is 1. The largest absolute Gasteiger partial charge is 0.507 e. The summed E-state index contributed by atoms with van der Waals surface area (Å²) in [6.45, 7) is 4.39. The fourth-order valence-corrected chi connectivity index (χ4v) is 3.98. The standard InChI is InChI=1S/C25H29NO5/c1-5-6-7-13-26-22(17-9-8-10-19(15-17)30-3)21(24(28)25(26)29)23(27)18-11-12-20(31-4)16(2)14-18/h8-12,14-15,22,27H,5-7,13H2,1-4H3/b23-21-. The minimum Gasteiger partial charge on any atom is -0.507 e. The summed E-state index contributed by atoms with van der Waals surface area (Å²) < 4.78 is 10.6. The number of hydrogen-bond donors (Lipinski definition) is 1. The quantitative estimate of drug-likeness (QED) is 0.290. The summed E-state index contributed by atoms with van der Waals surface area (Å²) in [5, 5.41) is 11.2. The van der Waals surface area contributed by atoms with Gasteiger partial charge >= 0.3 is 0 Å². The lowest BCUT2D eigenvalue weighted by molar-refractivity contribution is -0.139. The Morgan fingerprint density at radius 1 is 1.06 bits per heavy atom. The van der Waals surface area contributed by atoms with Crippen LogP contribution in [-0.4, -0.2) is 42.5 Å². The number of methoxy groups -OCH3 is 2. The Kier molecular flexibility index (Phi) is 7.00. The van der Waals surface area contributed by atoms with E-state index in [0.717, 1.165) is 30.4 Å². The molecular weight excluding hydrogens is 394 g/mol. The molecule has 6 heteroatoms. The lowest BCUT2D eigenvalue weighted by atomic mass is 9.94. The summed E-state index contributed by atoms with van der Waals surface area (Å²) in [6, 6.07) is 11.8. The van der Waals surface area contributed by atoms with Crippen LogP contribution in [0.2, 0.25) is 0 Å². The molecule has 0 bridgehead atoms. The lowest BCUT2D eigenvalue weighted by Gasteiger charge is -2.25. The molecule has 0 aliphatic carbocycles. The van der Waals surface area contributed by atoms with Crippen LogP contribution in [0.4, 0.5) is 0 Å². The molecule has 0 saturated carbocycles. The van der Waals surface area contributed by atoms with Crippen molar-refractivity contribution in [2.45, 2.75) is 39.2 Å². The van der Waals surface area contributed by atoms with Crippen molar-refractivity contribution >= 4 is 17.4 Å². The zero-order chi connectivity index (χ0) is 22.5.